The van der Waals surface area contributed by atoms with E-state index in [1.165, 1.54) is 24.3 Å². The molecule has 2 aromatic carbocycles. The smallest absolute Gasteiger partial charge is 0.319 e. The Kier molecular flexibility index (Phi) is 4.35. The molecule has 4 amide bonds. The highest BCUT2D eigenvalue weighted by Crippen LogP contribution is 2.34. The summed E-state index contributed by atoms with van der Waals surface area (Å²) in [5, 5.41) is 7.86. The molecule has 7 heteroatoms. The lowest BCUT2D eigenvalue weighted by Crippen LogP contribution is -2.36. The summed E-state index contributed by atoms with van der Waals surface area (Å²) in [5.41, 5.74) is 2.10. The van der Waals surface area contributed by atoms with Crippen LogP contribution in [-0.2, 0) is 0 Å². The summed E-state index contributed by atoms with van der Waals surface area (Å²) in [5.74, 6) is -0.845. The topological polar surface area (TPSA) is 87.3 Å². The summed E-state index contributed by atoms with van der Waals surface area (Å²) < 4.78 is 13.0. The van der Waals surface area contributed by atoms with E-state index in [1.54, 1.807) is 18.2 Å². The van der Waals surface area contributed by atoms with Gasteiger partial charge in [-0.3, -0.25) is 14.9 Å². The van der Waals surface area contributed by atoms with Gasteiger partial charge in [0.25, 0.3) is 11.8 Å². The average molecular weight is 367 g/mol. The van der Waals surface area contributed by atoms with Crippen LogP contribution in [0.2, 0.25) is 0 Å². The largest absolute Gasteiger partial charge is 0.335 e. The zero-order valence-electron chi connectivity index (χ0n) is 14.4. The maximum Gasteiger partial charge on any atom is 0.319 e. The second kappa shape index (κ2) is 6.83. The van der Waals surface area contributed by atoms with Gasteiger partial charge in [-0.1, -0.05) is 12.1 Å². The van der Waals surface area contributed by atoms with Gasteiger partial charge < -0.3 is 10.6 Å². The fourth-order valence-electron chi connectivity index (χ4n) is 3.75. The van der Waals surface area contributed by atoms with Crippen LogP contribution in [0.5, 0.6) is 0 Å². The minimum Gasteiger partial charge on any atom is -0.335 e. The molecule has 4 rings (SSSR count). The Morgan fingerprint density at radius 1 is 1.00 bits per heavy atom. The molecule has 2 aliphatic rings. The Morgan fingerprint density at radius 2 is 1.74 bits per heavy atom. The van der Waals surface area contributed by atoms with Gasteiger partial charge in [-0.25, -0.2) is 9.18 Å². The maximum atomic E-state index is 13.0. The lowest BCUT2D eigenvalue weighted by Gasteiger charge is -2.15. The fourth-order valence-corrected chi connectivity index (χ4v) is 3.75. The first-order chi connectivity index (χ1) is 13.0. The van der Waals surface area contributed by atoms with E-state index in [1.807, 2.05) is 0 Å². The van der Waals surface area contributed by atoms with Crippen LogP contribution in [0.3, 0.4) is 0 Å². The van der Waals surface area contributed by atoms with Gasteiger partial charge in [0.05, 0.1) is 11.1 Å². The summed E-state index contributed by atoms with van der Waals surface area (Å²) in [6, 6.07) is 10.8. The van der Waals surface area contributed by atoms with Crippen molar-refractivity contribution in [3.05, 3.63) is 65.0 Å². The Labute approximate surface area is 155 Å². The van der Waals surface area contributed by atoms with Crippen LogP contribution in [0.25, 0.3) is 0 Å². The van der Waals surface area contributed by atoms with Gasteiger partial charge >= 0.3 is 6.03 Å². The highest BCUT2D eigenvalue weighted by Gasteiger charge is 2.28. The molecule has 0 aromatic heterocycles. The van der Waals surface area contributed by atoms with E-state index < -0.39 is 11.8 Å². The van der Waals surface area contributed by atoms with Crippen molar-refractivity contribution in [3.8, 4) is 0 Å². The van der Waals surface area contributed by atoms with Gasteiger partial charge in [-0.2, -0.15) is 0 Å². The quantitative estimate of drug-likeness (QED) is 0.728. The van der Waals surface area contributed by atoms with Crippen molar-refractivity contribution in [1.29, 1.82) is 0 Å². The van der Waals surface area contributed by atoms with Crippen molar-refractivity contribution in [2.75, 3.05) is 5.32 Å². The highest BCUT2D eigenvalue weighted by atomic mass is 19.1. The van der Waals surface area contributed by atoms with Gasteiger partial charge in [0.15, 0.2) is 0 Å². The van der Waals surface area contributed by atoms with Crippen molar-refractivity contribution in [2.45, 2.75) is 31.2 Å². The van der Waals surface area contributed by atoms with E-state index in [-0.39, 0.29) is 23.5 Å². The van der Waals surface area contributed by atoms with Crippen LogP contribution in [0.1, 0.15) is 51.5 Å². The molecule has 2 aromatic rings. The molecule has 1 saturated carbocycles. The molecule has 138 valence electrons. The number of carbonyl (C=O) groups is 3. The second-order valence-electron chi connectivity index (χ2n) is 6.90. The predicted molar refractivity (Wildman–Crippen MR) is 97.2 cm³/mol. The molecule has 3 N–H and O–H groups in total. The molecule has 0 bridgehead atoms. The molecule has 1 heterocycles. The van der Waals surface area contributed by atoms with Crippen molar-refractivity contribution in [3.63, 3.8) is 0 Å². The fraction of sp³-hybridized carbons (Fsp3) is 0.250. The number of urea groups is 1. The number of rotatable bonds is 3. The highest BCUT2D eigenvalue weighted by molar-refractivity contribution is 6.22. The summed E-state index contributed by atoms with van der Waals surface area (Å²) in [4.78, 5) is 35.5. The van der Waals surface area contributed by atoms with Crippen LogP contribution in [-0.4, -0.2) is 23.9 Å². The third-order valence-electron chi connectivity index (χ3n) is 5.10. The first-order valence-electron chi connectivity index (χ1n) is 8.82. The number of halogens is 1. The van der Waals surface area contributed by atoms with E-state index in [2.05, 4.69) is 16.0 Å². The molecule has 1 aliphatic carbocycles. The molecule has 1 fully saturated rings. The number of amides is 4. The number of benzene rings is 2. The zero-order valence-corrected chi connectivity index (χ0v) is 14.4. The molecular formula is C20H18FN3O3. The lowest BCUT2D eigenvalue weighted by molar-refractivity contribution is 0.0879. The molecule has 6 nitrogen and oxygen atoms in total. The number of hydrogen-bond acceptors (Lipinski definition) is 3. The molecule has 27 heavy (non-hydrogen) atoms. The normalized spacial score (nSPS) is 20.9. The first kappa shape index (κ1) is 17.2. The van der Waals surface area contributed by atoms with Gasteiger partial charge in [0.2, 0.25) is 0 Å². The minimum atomic E-state index is -0.461. The van der Waals surface area contributed by atoms with Gasteiger partial charge in [-0.05, 0) is 61.1 Å². The standard InChI is InChI=1S/C20H18FN3O3/c21-13-4-1-11(2-5-13)12-3-6-14(9-12)22-20(27)23-15-7-8-16-17(10-15)19(26)24-18(16)25/h1-2,4-5,7-8,10,12,14H,3,6,9H2,(H2,22,23,27)(H,24,25,26). The molecule has 0 saturated heterocycles. The second-order valence-corrected chi connectivity index (χ2v) is 6.90. The Hall–Kier alpha value is -3.22. The van der Waals surface area contributed by atoms with E-state index in [0.29, 0.717) is 17.2 Å². The average Bonchev–Trinajstić information content (AvgIpc) is 3.20. The summed E-state index contributed by atoms with van der Waals surface area (Å²) >= 11 is 0. The molecule has 2 unspecified atom stereocenters. The van der Waals surface area contributed by atoms with E-state index in [0.717, 1.165) is 24.8 Å². The van der Waals surface area contributed by atoms with Gasteiger partial charge in [0, 0.05) is 11.7 Å². The van der Waals surface area contributed by atoms with E-state index in [9.17, 15) is 18.8 Å². The summed E-state index contributed by atoms with van der Waals surface area (Å²) in [6.07, 6.45) is 2.56. The molecule has 0 radical (unpaired) electrons. The molecule has 1 aliphatic heterocycles. The Morgan fingerprint density at radius 3 is 2.52 bits per heavy atom. The number of imide groups is 1. The Bertz CT molecular complexity index is 927. The number of fused-ring (bicyclic) bond motifs is 1. The van der Waals surface area contributed by atoms with Crippen LogP contribution < -0.4 is 16.0 Å². The number of hydrogen-bond donors (Lipinski definition) is 3. The molecule has 2 atom stereocenters. The van der Waals surface area contributed by atoms with Crippen molar-refractivity contribution >= 4 is 23.5 Å². The summed E-state index contributed by atoms with van der Waals surface area (Å²) in [6.45, 7) is 0. The zero-order chi connectivity index (χ0) is 19.0. The van der Waals surface area contributed by atoms with Gasteiger partial charge in [0.1, 0.15) is 5.82 Å². The van der Waals surface area contributed by atoms with Gasteiger partial charge in [-0.15, -0.1) is 0 Å². The number of carbonyl (C=O) groups excluding carboxylic acids is 3. The maximum absolute atomic E-state index is 13.0. The third kappa shape index (κ3) is 3.53. The summed E-state index contributed by atoms with van der Waals surface area (Å²) in [7, 11) is 0. The van der Waals surface area contributed by atoms with Crippen LogP contribution in [0.15, 0.2) is 42.5 Å². The Balaban J connectivity index is 1.35. The van der Waals surface area contributed by atoms with Crippen LogP contribution in [0.4, 0.5) is 14.9 Å². The van der Waals surface area contributed by atoms with E-state index >= 15 is 0 Å². The van der Waals surface area contributed by atoms with Crippen LogP contribution in [0, 0.1) is 5.82 Å². The lowest BCUT2D eigenvalue weighted by atomic mass is 9.97. The monoisotopic (exact) mass is 367 g/mol. The minimum absolute atomic E-state index is 0.0272. The van der Waals surface area contributed by atoms with E-state index in [4.69, 9.17) is 0 Å². The molecular weight excluding hydrogens is 349 g/mol. The van der Waals surface area contributed by atoms with Crippen molar-refractivity contribution in [1.82, 2.24) is 10.6 Å². The third-order valence-corrected chi connectivity index (χ3v) is 5.10. The van der Waals surface area contributed by atoms with Crippen molar-refractivity contribution in [2.24, 2.45) is 0 Å². The number of nitrogens with one attached hydrogen (secondary N) is 3. The van der Waals surface area contributed by atoms with Crippen molar-refractivity contribution < 1.29 is 18.8 Å². The predicted octanol–water partition coefficient (Wildman–Crippen LogP) is 3.17. The first-order valence-corrected chi connectivity index (χ1v) is 8.82. The molecule has 0 spiro atoms. The van der Waals surface area contributed by atoms with Crippen LogP contribution >= 0.6 is 0 Å². The number of anilines is 1. The SMILES string of the molecule is O=C(Nc1ccc2c(c1)C(=O)NC2=O)NC1CCC(c2ccc(F)cc2)C1.